The van der Waals surface area contributed by atoms with Crippen molar-refractivity contribution in [3.8, 4) is 6.07 Å². The third-order valence-electron chi connectivity index (χ3n) is 2.86. The molecule has 0 aliphatic carbocycles. The molecule has 2 rings (SSSR count). The molecule has 1 amide bonds. The predicted octanol–water partition coefficient (Wildman–Crippen LogP) is 3.83. The number of nitriles is 1. The van der Waals surface area contributed by atoms with Crippen LogP contribution in [0.5, 0.6) is 0 Å². The van der Waals surface area contributed by atoms with E-state index in [1.54, 1.807) is 11.8 Å². The smallest absolute Gasteiger partial charge is 0.237 e. The first-order chi connectivity index (χ1) is 11.6. The maximum Gasteiger partial charge on any atom is 0.237 e. The maximum atomic E-state index is 13.1. The molecule has 0 saturated heterocycles. The van der Waals surface area contributed by atoms with Gasteiger partial charge in [0.2, 0.25) is 5.91 Å². The van der Waals surface area contributed by atoms with Crippen LogP contribution in [0.15, 0.2) is 32.9 Å². The van der Waals surface area contributed by atoms with E-state index in [2.05, 4.69) is 10.2 Å². The molecule has 0 spiro atoms. The summed E-state index contributed by atoms with van der Waals surface area (Å²) in [7, 11) is 0. The Kier molecular flexibility index (Phi) is 7.49. The molecule has 0 atom stereocenters. The average molecular weight is 383 g/mol. The lowest BCUT2D eigenvalue weighted by atomic mass is 10.2. The van der Waals surface area contributed by atoms with E-state index in [1.165, 1.54) is 52.3 Å². The minimum Gasteiger partial charge on any atom is -0.311 e. The molecule has 9 heteroatoms. The van der Waals surface area contributed by atoms with Gasteiger partial charge in [0.15, 0.2) is 8.68 Å². The summed E-state index contributed by atoms with van der Waals surface area (Å²) in [5.74, 6) is 0.594. The Morgan fingerprint density at radius 2 is 1.96 bits per heavy atom. The Hall–Kier alpha value is -1.63. The zero-order chi connectivity index (χ0) is 17.4. The number of benzene rings is 1. The van der Waals surface area contributed by atoms with Crippen molar-refractivity contribution < 1.29 is 9.18 Å². The van der Waals surface area contributed by atoms with E-state index in [0.717, 1.165) is 14.4 Å². The predicted molar refractivity (Wildman–Crippen MR) is 96.0 cm³/mol. The summed E-state index contributed by atoms with van der Waals surface area (Å²) in [4.78, 5) is 14.0. The fourth-order valence-electron chi connectivity index (χ4n) is 1.82. The van der Waals surface area contributed by atoms with Crippen LogP contribution in [-0.4, -0.2) is 34.2 Å². The summed E-state index contributed by atoms with van der Waals surface area (Å²) in [5.41, 5.74) is 0.580. The second-order valence-electron chi connectivity index (χ2n) is 4.49. The largest absolute Gasteiger partial charge is 0.311 e. The molecule has 0 aliphatic rings. The van der Waals surface area contributed by atoms with Crippen LogP contribution in [0.3, 0.4) is 0 Å². The van der Waals surface area contributed by atoms with Gasteiger partial charge in [-0.15, -0.1) is 10.2 Å². The topological polar surface area (TPSA) is 69.9 Å². The number of carbonyl (C=O) groups is 1. The Morgan fingerprint density at radius 3 is 2.58 bits per heavy atom. The molecule has 2 aromatic rings. The van der Waals surface area contributed by atoms with Crippen LogP contribution < -0.4 is 4.90 Å². The molecule has 0 fully saturated rings. The van der Waals surface area contributed by atoms with Crippen molar-refractivity contribution in [2.75, 3.05) is 23.0 Å². The molecule has 126 valence electrons. The van der Waals surface area contributed by atoms with Gasteiger partial charge in [0.25, 0.3) is 0 Å². The zero-order valence-corrected chi connectivity index (χ0v) is 15.4. The van der Waals surface area contributed by atoms with Crippen molar-refractivity contribution >= 4 is 46.5 Å². The molecule has 24 heavy (non-hydrogen) atoms. The van der Waals surface area contributed by atoms with E-state index in [4.69, 9.17) is 5.26 Å². The lowest BCUT2D eigenvalue weighted by Gasteiger charge is -2.21. The monoisotopic (exact) mass is 382 g/mol. The highest BCUT2D eigenvalue weighted by Gasteiger charge is 2.17. The van der Waals surface area contributed by atoms with E-state index in [0.29, 0.717) is 5.69 Å². The van der Waals surface area contributed by atoms with Gasteiger partial charge in [-0.2, -0.15) is 5.26 Å². The molecule has 0 saturated carbocycles. The minimum absolute atomic E-state index is 0.151. The summed E-state index contributed by atoms with van der Waals surface area (Å²) >= 11 is 4.39. The van der Waals surface area contributed by atoms with Crippen LogP contribution in [0.4, 0.5) is 10.1 Å². The molecule has 0 radical (unpaired) electrons. The highest BCUT2D eigenvalue weighted by molar-refractivity contribution is 8.03. The number of rotatable bonds is 8. The van der Waals surface area contributed by atoms with Crippen LogP contribution in [0.2, 0.25) is 0 Å². The molecule has 1 heterocycles. The summed E-state index contributed by atoms with van der Waals surface area (Å²) in [6.45, 7) is 2.31. The summed E-state index contributed by atoms with van der Waals surface area (Å²) in [6.07, 6.45) is 0.212. The van der Waals surface area contributed by atoms with Gasteiger partial charge in [0.05, 0.1) is 18.2 Å². The van der Waals surface area contributed by atoms with Crippen molar-refractivity contribution in [1.29, 1.82) is 5.26 Å². The standard InChI is InChI=1S/C15H15FN4OS3/c1-2-22-14-18-19-15(24-14)23-10-13(21)20(9-3-8-17)12-6-4-11(16)5-7-12/h4-7H,2-3,9-10H2,1H3. The first-order valence-electron chi connectivity index (χ1n) is 7.16. The molecule has 1 aromatic carbocycles. The van der Waals surface area contributed by atoms with Crippen LogP contribution in [0.25, 0.3) is 0 Å². The van der Waals surface area contributed by atoms with Gasteiger partial charge in [-0.3, -0.25) is 4.79 Å². The molecular weight excluding hydrogens is 367 g/mol. The van der Waals surface area contributed by atoms with Crippen molar-refractivity contribution in [3.05, 3.63) is 30.1 Å². The summed E-state index contributed by atoms with van der Waals surface area (Å²) < 4.78 is 14.7. The van der Waals surface area contributed by atoms with Crippen molar-refractivity contribution in [2.24, 2.45) is 0 Å². The van der Waals surface area contributed by atoms with Gasteiger partial charge < -0.3 is 4.90 Å². The fourth-order valence-corrected chi connectivity index (χ4v) is 4.61. The third-order valence-corrected chi connectivity index (χ3v) is 5.92. The van der Waals surface area contributed by atoms with E-state index in [1.807, 2.05) is 13.0 Å². The number of anilines is 1. The lowest BCUT2D eigenvalue weighted by Crippen LogP contribution is -2.33. The van der Waals surface area contributed by atoms with Gasteiger partial charge in [0.1, 0.15) is 5.82 Å². The minimum atomic E-state index is -0.365. The van der Waals surface area contributed by atoms with Gasteiger partial charge in [-0.1, -0.05) is 41.8 Å². The number of aromatic nitrogens is 2. The number of hydrogen-bond donors (Lipinski definition) is 0. The molecule has 0 bridgehead atoms. The fraction of sp³-hybridized carbons (Fsp3) is 0.333. The van der Waals surface area contributed by atoms with Gasteiger partial charge >= 0.3 is 0 Å². The van der Waals surface area contributed by atoms with Crippen LogP contribution in [-0.2, 0) is 4.79 Å². The Bertz CT molecular complexity index is 714. The van der Waals surface area contributed by atoms with Crippen molar-refractivity contribution in [2.45, 2.75) is 22.0 Å². The quantitative estimate of drug-likeness (QED) is 0.646. The highest BCUT2D eigenvalue weighted by atomic mass is 32.2. The lowest BCUT2D eigenvalue weighted by molar-refractivity contribution is -0.116. The third kappa shape index (κ3) is 5.47. The van der Waals surface area contributed by atoms with E-state index in [9.17, 15) is 9.18 Å². The second kappa shape index (κ2) is 9.61. The number of amides is 1. The Balaban J connectivity index is 2.01. The first kappa shape index (κ1) is 18.7. The molecule has 5 nitrogen and oxygen atoms in total. The Labute approximate surface area is 152 Å². The molecule has 0 aliphatic heterocycles. The second-order valence-corrected chi connectivity index (χ2v) is 8.20. The highest BCUT2D eigenvalue weighted by Crippen LogP contribution is 2.29. The Morgan fingerprint density at radius 1 is 1.29 bits per heavy atom. The molecular formula is C15H15FN4OS3. The number of thioether (sulfide) groups is 2. The molecule has 0 N–H and O–H groups in total. The van der Waals surface area contributed by atoms with Gasteiger partial charge in [-0.05, 0) is 30.0 Å². The first-order valence-corrected chi connectivity index (χ1v) is 9.94. The summed E-state index contributed by atoms with van der Waals surface area (Å²) in [6, 6.07) is 7.70. The molecule has 0 unspecified atom stereocenters. The number of carbonyl (C=O) groups excluding carboxylic acids is 1. The number of nitrogens with zero attached hydrogens (tertiary/aromatic N) is 4. The normalized spacial score (nSPS) is 10.4. The van der Waals surface area contributed by atoms with Crippen molar-refractivity contribution in [1.82, 2.24) is 10.2 Å². The SMILES string of the molecule is CCSc1nnc(SCC(=O)N(CCC#N)c2ccc(F)cc2)s1. The van der Waals surface area contributed by atoms with E-state index < -0.39 is 0 Å². The van der Waals surface area contributed by atoms with Crippen LogP contribution >= 0.6 is 34.9 Å². The molecule has 1 aromatic heterocycles. The van der Waals surface area contributed by atoms with Crippen molar-refractivity contribution in [3.63, 3.8) is 0 Å². The maximum absolute atomic E-state index is 13.1. The zero-order valence-electron chi connectivity index (χ0n) is 12.9. The van der Waals surface area contributed by atoms with E-state index >= 15 is 0 Å². The van der Waals surface area contributed by atoms with Crippen LogP contribution in [0, 0.1) is 17.1 Å². The van der Waals surface area contributed by atoms with E-state index in [-0.39, 0.29) is 30.4 Å². The van der Waals surface area contributed by atoms with Crippen LogP contribution in [0.1, 0.15) is 13.3 Å². The number of hydrogen-bond acceptors (Lipinski definition) is 7. The summed E-state index contributed by atoms with van der Waals surface area (Å²) in [5, 5.41) is 16.9. The average Bonchev–Trinajstić information content (AvgIpc) is 3.03. The van der Waals surface area contributed by atoms with Gasteiger partial charge in [-0.25, -0.2) is 4.39 Å². The van der Waals surface area contributed by atoms with Gasteiger partial charge in [0, 0.05) is 12.2 Å². The number of halogens is 1.